The minimum absolute atomic E-state index is 0.216. The number of Topliss-reactive ketones (excluding diaryl/α,β-unsaturated/α-hetero) is 1. The summed E-state index contributed by atoms with van der Waals surface area (Å²) in [6.07, 6.45) is 2.81. The predicted octanol–water partition coefficient (Wildman–Crippen LogP) is 3.03. The second-order valence-electron chi connectivity index (χ2n) is 7.22. The average molecular weight is 287 g/mol. The molecule has 0 N–H and O–H groups in total. The Hall–Kier alpha value is -1.45. The van der Waals surface area contributed by atoms with Crippen molar-refractivity contribution in [2.24, 2.45) is 17.8 Å². The van der Waals surface area contributed by atoms with Gasteiger partial charge in [0, 0.05) is 19.5 Å². The monoisotopic (exact) mass is 287 g/mol. The number of piperidine rings is 1. The van der Waals surface area contributed by atoms with Crippen LogP contribution in [0.4, 0.5) is 5.95 Å². The number of nitrogens with zero attached hydrogens (tertiary/aromatic N) is 3. The number of ketones is 1. The maximum atomic E-state index is 12.2. The van der Waals surface area contributed by atoms with Crippen molar-refractivity contribution in [3.05, 3.63) is 17.0 Å². The molecule has 1 saturated heterocycles. The van der Waals surface area contributed by atoms with Crippen LogP contribution in [0.1, 0.15) is 55.4 Å². The molecule has 3 unspecified atom stereocenters. The molecule has 114 valence electrons. The number of carbonyl (C=O) groups is 1. The van der Waals surface area contributed by atoms with Crippen molar-refractivity contribution in [1.29, 1.82) is 0 Å². The summed E-state index contributed by atoms with van der Waals surface area (Å²) in [5, 5.41) is 0. The first-order valence-corrected chi connectivity index (χ1v) is 8.09. The molecule has 4 nitrogen and oxygen atoms in total. The second kappa shape index (κ2) is 5.39. The molecule has 0 aromatic carbocycles. The summed E-state index contributed by atoms with van der Waals surface area (Å²) in [5.41, 5.74) is 2.61. The topological polar surface area (TPSA) is 46.1 Å². The van der Waals surface area contributed by atoms with Crippen molar-refractivity contribution in [1.82, 2.24) is 9.97 Å². The Labute approximate surface area is 127 Å². The lowest BCUT2D eigenvalue weighted by atomic mass is 9.86. The van der Waals surface area contributed by atoms with Gasteiger partial charge in [-0.2, -0.15) is 0 Å². The maximum Gasteiger partial charge on any atom is 0.225 e. The standard InChI is InChI=1S/C17H25N3O/c1-10-6-14-16(15(21)7-10)13(4)18-17(19-14)20-8-11(2)5-12(3)9-20/h10-12H,5-9H2,1-4H3. The third kappa shape index (κ3) is 2.81. The molecule has 0 saturated carbocycles. The molecule has 2 heterocycles. The zero-order chi connectivity index (χ0) is 15.1. The number of rotatable bonds is 1. The summed E-state index contributed by atoms with van der Waals surface area (Å²) in [7, 11) is 0. The van der Waals surface area contributed by atoms with E-state index in [1.54, 1.807) is 0 Å². The van der Waals surface area contributed by atoms with Crippen molar-refractivity contribution in [2.75, 3.05) is 18.0 Å². The number of hydrogen-bond donors (Lipinski definition) is 0. The fourth-order valence-electron chi connectivity index (χ4n) is 3.92. The Morgan fingerprint density at radius 3 is 2.33 bits per heavy atom. The van der Waals surface area contributed by atoms with Crippen LogP contribution in [-0.4, -0.2) is 28.8 Å². The first kappa shape index (κ1) is 14.5. The van der Waals surface area contributed by atoms with E-state index < -0.39 is 0 Å². The number of fused-ring (bicyclic) bond motifs is 1. The van der Waals surface area contributed by atoms with Gasteiger partial charge >= 0.3 is 0 Å². The van der Waals surface area contributed by atoms with Crippen LogP contribution in [-0.2, 0) is 6.42 Å². The zero-order valence-corrected chi connectivity index (χ0v) is 13.5. The van der Waals surface area contributed by atoms with Gasteiger partial charge in [0.1, 0.15) is 0 Å². The van der Waals surface area contributed by atoms with E-state index in [-0.39, 0.29) is 5.78 Å². The lowest BCUT2D eigenvalue weighted by Gasteiger charge is -2.35. The van der Waals surface area contributed by atoms with Gasteiger partial charge < -0.3 is 4.90 Å². The van der Waals surface area contributed by atoms with Crippen LogP contribution in [0, 0.1) is 24.7 Å². The van der Waals surface area contributed by atoms with Crippen molar-refractivity contribution >= 4 is 11.7 Å². The summed E-state index contributed by atoms with van der Waals surface area (Å²) in [6, 6.07) is 0. The number of anilines is 1. The Bertz CT molecular complexity index is 559. The molecule has 1 aliphatic heterocycles. The highest BCUT2D eigenvalue weighted by Crippen LogP contribution is 2.29. The first-order valence-electron chi connectivity index (χ1n) is 8.09. The molecule has 1 aromatic rings. The quantitative estimate of drug-likeness (QED) is 0.796. The molecule has 1 fully saturated rings. The molecule has 2 aliphatic rings. The van der Waals surface area contributed by atoms with Gasteiger partial charge in [-0.3, -0.25) is 4.79 Å². The highest BCUT2D eigenvalue weighted by molar-refractivity contribution is 5.99. The molecule has 0 spiro atoms. The largest absolute Gasteiger partial charge is 0.340 e. The number of aromatic nitrogens is 2. The van der Waals surface area contributed by atoms with Crippen molar-refractivity contribution in [2.45, 2.75) is 47.0 Å². The summed E-state index contributed by atoms with van der Waals surface area (Å²) in [4.78, 5) is 23.9. The van der Waals surface area contributed by atoms with Crippen LogP contribution in [0.15, 0.2) is 0 Å². The molecule has 21 heavy (non-hydrogen) atoms. The van der Waals surface area contributed by atoms with Gasteiger partial charge in [-0.1, -0.05) is 20.8 Å². The predicted molar refractivity (Wildman–Crippen MR) is 83.7 cm³/mol. The minimum Gasteiger partial charge on any atom is -0.340 e. The van der Waals surface area contributed by atoms with Crippen LogP contribution in [0.25, 0.3) is 0 Å². The SMILES string of the molecule is Cc1nc(N2CC(C)CC(C)C2)nc2c1C(=O)CC(C)C2. The van der Waals surface area contributed by atoms with Gasteiger partial charge in [-0.05, 0) is 37.5 Å². The fourth-order valence-corrected chi connectivity index (χ4v) is 3.92. The number of hydrogen-bond acceptors (Lipinski definition) is 4. The van der Waals surface area contributed by atoms with E-state index in [9.17, 15) is 4.79 Å². The van der Waals surface area contributed by atoms with Crippen molar-refractivity contribution in [3.8, 4) is 0 Å². The molecule has 3 rings (SSSR count). The summed E-state index contributed by atoms with van der Waals surface area (Å²) in [5.74, 6) is 2.79. The molecule has 0 amide bonds. The van der Waals surface area contributed by atoms with Crippen LogP contribution >= 0.6 is 0 Å². The smallest absolute Gasteiger partial charge is 0.225 e. The molecule has 1 aliphatic carbocycles. The molecule has 4 heteroatoms. The lowest BCUT2D eigenvalue weighted by molar-refractivity contribution is 0.0951. The van der Waals surface area contributed by atoms with E-state index in [1.165, 1.54) is 6.42 Å². The van der Waals surface area contributed by atoms with E-state index in [2.05, 4.69) is 30.7 Å². The highest BCUT2D eigenvalue weighted by atomic mass is 16.1. The second-order valence-corrected chi connectivity index (χ2v) is 7.22. The highest BCUT2D eigenvalue weighted by Gasteiger charge is 2.29. The Balaban J connectivity index is 1.96. The fraction of sp³-hybridized carbons (Fsp3) is 0.706. The third-order valence-corrected chi connectivity index (χ3v) is 4.66. The van der Waals surface area contributed by atoms with E-state index in [0.717, 1.165) is 42.4 Å². The van der Waals surface area contributed by atoms with Crippen molar-refractivity contribution in [3.63, 3.8) is 0 Å². The van der Waals surface area contributed by atoms with Crippen LogP contribution < -0.4 is 4.90 Å². The molecule has 1 aromatic heterocycles. The van der Waals surface area contributed by atoms with Crippen LogP contribution in [0.2, 0.25) is 0 Å². The zero-order valence-electron chi connectivity index (χ0n) is 13.5. The molecule has 0 radical (unpaired) electrons. The summed E-state index contributed by atoms with van der Waals surface area (Å²) in [6.45, 7) is 10.7. The summed E-state index contributed by atoms with van der Waals surface area (Å²) >= 11 is 0. The Morgan fingerprint density at radius 2 is 1.67 bits per heavy atom. The van der Waals surface area contributed by atoms with Crippen LogP contribution in [0.5, 0.6) is 0 Å². The number of aryl methyl sites for hydroxylation is 1. The Kier molecular flexibility index (Phi) is 3.72. The average Bonchev–Trinajstić information content (AvgIpc) is 2.35. The van der Waals surface area contributed by atoms with Gasteiger partial charge in [0.15, 0.2) is 5.78 Å². The molecule has 3 atom stereocenters. The van der Waals surface area contributed by atoms with E-state index in [1.807, 2.05) is 6.92 Å². The van der Waals surface area contributed by atoms with E-state index in [0.29, 0.717) is 24.2 Å². The van der Waals surface area contributed by atoms with Crippen LogP contribution in [0.3, 0.4) is 0 Å². The number of carbonyl (C=O) groups excluding carboxylic acids is 1. The van der Waals surface area contributed by atoms with E-state index >= 15 is 0 Å². The van der Waals surface area contributed by atoms with Crippen molar-refractivity contribution < 1.29 is 4.79 Å². The molecule has 0 bridgehead atoms. The first-order chi connectivity index (χ1) is 9.94. The normalized spacial score (nSPS) is 29.4. The van der Waals surface area contributed by atoms with Gasteiger partial charge in [-0.25, -0.2) is 9.97 Å². The van der Waals surface area contributed by atoms with Gasteiger partial charge in [0.05, 0.1) is 17.0 Å². The third-order valence-electron chi connectivity index (χ3n) is 4.66. The van der Waals surface area contributed by atoms with Gasteiger partial charge in [0.25, 0.3) is 0 Å². The summed E-state index contributed by atoms with van der Waals surface area (Å²) < 4.78 is 0. The minimum atomic E-state index is 0.216. The lowest BCUT2D eigenvalue weighted by Crippen LogP contribution is -2.40. The van der Waals surface area contributed by atoms with E-state index in [4.69, 9.17) is 4.98 Å². The molecular weight excluding hydrogens is 262 g/mol. The Morgan fingerprint density at radius 1 is 1.00 bits per heavy atom. The van der Waals surface area contributed by atoms with Gasteiger partial charge in [0.2, 0.25) is 5.95 Å². The maximum absolute atomic E-state index is 12.2. The molecular formula is C17H25N3O. The van der Waals surface area contributed by atoms with Gasteiger partial charge in [-0.15, -0.1) is 0 Å².